The van der Waals surface area contributed by atoms with Crippen LogP contribution in [0.3, 0.4) is 0 Å². The molecule has 0 amide bonds. The summed E-state index contributed by atoms with van der Waals surface area (Å²) in [7, 11) is 0. The molecule has 1 unspecified atom stereocenters. The van der Waals surface area contributed by atoms with Gasteiger partial charge < -0.3 is 15.8 Å². The molecular weight excluding hydrogens is 178 g/mol. The van der Waals surface area contributed by atoms with Gasteiger partial charge in [-0.2, -0.15) is 0 Å². The summed E-state index contributed by atoms with van der Waals surface area (Å²) in [6.07, 6.45) is 2.86. The van der Waals surface area contributed by atoms with E-state index in [1.807, 2.05) is 6.07 Å². The largest absolute Gasteiger partial charge is 0.492 e. The summed E-state index contributed by atoms with van der Waals surface area (Å²) in [6.45, 7) is 2.93. The number of anilines is 1. The molecule has 1 aliphatic rings. The third-order valence-corrected chi connectivity index (χ3v) is 2.41. The first kappa shape index (κ1) is 9.27. The Morgan fingerprint density at radius 1 is 1.57 bits per heavy atom. The number of pyridine rings is 1. The van der Waals surface area contributed by atoms with Gasteiger partial charge in [0.05, 0.1) is 12.8 Å². The number of ether oxygens (including phenoxy) is 1. The standard InChI is InChI=1S/C10H15N3O/c11-10-2-1-9(6-13-10)14-7-8-3-4-12-5-8/h1-2,6,8,12H,3-5,7H2,(H2,11,13). The summed E-state index contributed by atoms with van der Waals surface area (Å²) >= 11 is 0. The van der Waals surface area contributed by atoms with Gasteiger partial charge in [-0.05, 0) is 25.1 Å². The predicted octanol–water partition coefficient (Wildman–Crippen LogP) is 0.652. The number of nitrogen functional groups attached to an aromatic ring is 1. The van der Waals surface area contributed by atoms with Gasteiger partial charge in [0.2, 0.25) is 0 Å². The fourth-order valence-corrected chi connectivity index (χ4v) is 1.55. The molecule has 2 rings (SSSR count). The van der Waals surface area contributed by atoms with Gasteiger partial charge in [0.1, 0.15) is 11.6 Å². The highest BCUT2D eigenvalue weighted by molar-refractivity contribution is 5.32. The second-order valence-corrected chi connectivity index (χ2v) is 3.59. The number of rotatable bonds is 3. The Labute approximate surface area is 83.5 Å². The summed E-state index contributed by atoms with van der Waals surface area (Å²) in [6, 6.07) is 3.60. The maximum absolute atomic E-state index is 5.59. The lowest BCUT2D eigenvalue weighted by molar-refractivity contribution is 0.259. The van der Waals surface area contributed by atoms with Crippen LogP contribution in [0.2, 0.25) is 0 Å². The highest BCUT2D eigenvalue weighted by atomic mass is 16.5. The highest BCUT2D eigenvalue weighted by Crippen LogP contribution is 2.13. The van der Waals surface area contributed by atoms with Crippen LogP contribution in [0.5, 0.6) is 5.75 Å². The molecule has 1 aromatic rings. The average molecular weight is 193 g/mol. The van der Waals surface area contributed by atoms with E-state index in [1.165, 1.54) is 6.42 Å². The van der Waals surface area contributed by atoms with Gasteiger partial charge in [-0.3, -0.25) is 0 Å². The van der Waals surface area contributed by atoms with Gasteiger partial charge in [-0.25, -0.2) is 4.98 Å². The molecule has 0 bridgehead atoms. The molecule has 1 fully saturated rings. The van der Waals surface area contributed by atoms with Crippen LogP contribution in [-0.4, -0.2) is 24.7 Å². The second-order valence-electron chi connectivity index (χ2n) is 3.59. The first-order valence-corrected chi connectivity index (χ1v) is 4.89. The third-order valence-electron chi connectivity index (χ3n) is 2.41. The SMILES string of the molecule is Nc1ccc(OCC2CCNC2)cn1. The van der Waals surface area contributed by atoms with Crippen LogP contribution in [0.4, 0.5) is 5.82 Å². The number of nitrogens with two attached hydrogens (primary N) is 1. The molecule has 0 aliphatic carbocycles. The van der Waals surface area contributed by atoms with E-state index in [0.29, 0.717) is 11.7 Å². The maximum Gasteiger partial charge on any atom is 0.137 e. The lowest BCUT2D eigenvalue weighted by atomic mass is 10.1. The molecule has 2 heterocycles. The molecule has 1 atom stereocenters. The predicted molar refractivity (Wildman–Crippen MR) is 55.1 cm³/mol. The van der Waals surface area contributed by atoms with Crippen molar-refractivity contribution < 1.29 is 4.74 Å². The van der Waals surface area contributed by atoms with Crippen molar-refractivity contribution in [2.75, 3.05) is 25.4 Å². The molecule has 1 aromatic heterocycles. The number of nitrogens with zero attached hydrogens (tertiary/aromatic N) is 1. The molecule has 14 heavy (non-hydrogen) atoms. The highest BCUT2D eigenvalue weighted by Gasteiger charge is 2.14. The topological polar surface area (TPSA) is 60.2 Å². The van der Waals surface area contributed by atoms with Gasteiger partial charge in [0, 0.05) is 12.5 Å². The number of hydrogen-bond acceptors (Lipinski definition) is 4. The summed E-state index contributed by atoms with van der Waals surface area (Å²) in [5, 5.41) is 3.30. The van der Waals surface area contributed by atoms with Crippen molar-refractivity contribution in [1.82, 2.24) is 10.3 Å². The van der Waals surface area contributed by atoms with Crippen LogP contribution in [-0.2, 0) is 0 Å². The Kier molecular flexibility index (Phi) is 2.84. The smallest absolute Gasteiger partial charge is 0.137 e. The molecule has 0 radical (unpaired) electrons. The van der Waals surface area contributed by atoms with E-state index in [-0.39, 0.29) is 0 Å². The minimum absolute atomic E-state index is 0.528. The van der Waals surface area contributed by atoms with Crippen molar-refractivity contribution in [3.63, 3.8) is 0 Å². The van der Waals surface area contributed by atoms with Crippen LogP contribution in [0, 0.1) is 5.92 Å². The zero-order valence-corrected chi connectivity index (χ0v) is 8.07. The monoisotopic (exact) mass is 193 g/mol. The first-order valence-electron chi connectivity index (χ1n) is 4.89. The maximum atomic E-state index is 5.59. The molecular formula is C10H15N3O. The Hall–Kier alpha value is -1.29. The van der Waals surface area contributed by atoms with Crippen molar-refractivity contribution in [3.8, 4) is 5.75 Å². The molecule has 3 N–H and O–H groups in total. The fraction of sp³-hybridized carbons (Fsp3) is 0.500. The summed E-state index contributed by atoms with van der Waals surface area (Å²) in [4.78, 5) is 3.96. The summed E-state index contributed by atoms with van der Waals surface area (Å²) < 4.78 is 5.59. The molecule has 4 heteroatoms. The molecule has 0 aromatic carbocycles. The van der Waals surface area contributed by atoms with E-state index in [2.05, 4.69) is 10.3 Å². The van der Waals surface area contributed by atoms with E-state index in [4.69, 9.17) is 10.5 Å². The van der Waals surface area contributed by atoms with Crippen LogP contribution < -0.4 is 15.8 Å². The molecule has 76 valence electrons. The van der Waals surface area contributed by atoms with Crippen molar-refractivity contribution in [1.29, 1.82) is 0 Å². The minimum Gasteiger partial charge on any atom is -0.492 e. The van der Waals surface area contributed by atoms with E-state index >= 15 is 0 Å². The lowest BCUT2D eigenvalue weighted by Crippen LogP contribution is -2.15. The molecule has 4 nitrogen and oxygen atoms in total. The fourth-order valence-electron chi connectivity index (χ4n) is 1.55. The van der Waals surface area contributed by atoms with E-state index in [1.54, 1.807) is 12.3 Å². The van der Waals surface area contributed by atoms with E-state index in [9.17, 15) is 0 Å². The van der Waals surface area contributed by atoms with Gasteiger partial charge in [-0.1, -0.05) is 0 Å². The molecule has 0 saturated carbocycles. The van der Waals surface area contributed by atoms with Crippen LogP contribution in [0.25, 0.3) is 0 Å². The Bertz CT molecular complexity index is 280. The zero-order valence-electron chi connectivity index (χ0n) is 8.07. The van der Waals surface area contributed by atoms with Gasteiger partial charge in [0.25, 0.3) is 0 Å². The normalized spacial score (nSPS) is 21.0. The Morgan fingerprint density at radius 2 is 2.50 bits per heavy atom. The Balaban J connectivity index is 1.82. The van der Waals surface area contributed by atoms with Crippen LogP contribution in [0.15, 0.2) is 18.3 Å². The van der Waals surface area contributed by atoms with Gasteiger partial charge in [-0.15, -0.1) is 0 Å². The summed E-state index contributed by atoms with van der Waals surface area (Å²) in [5.41, 5.74) is 5.47. The minimum atomic E-state index is 0.528. The quantitative estimate of drug-likeness (QED) is 0.740. The van der Waals surface area contributed by atoms with Crippen molar-refractivity contribution in [3.05, 3.63) is 18.3 Å². The second kappa shape index (κ2) is 4.28. The van der Waals surface area contributed by atoms with E-state index in [0.717, 1.165) is 25.4 Å². The molecule has 1 aliphatic heterocycles. The molecule has 1 saturated heterocycles. The van der Waals surface area contributed by atoms with E-state index < -0.39 is 0 Å². The van der Waals surface area contributed by atoms with Crippen molar-refractivity contribution >= 4 is 5.82 Å². The van der Waals surface area contributed by atoms with Gasteiger partial charge in [0.15, 0.2) is 0 Å². The number of aromatic nitrogens is 1. The molecule has 0 spiro atoms. The number of nitrogens with one attached hydrogen (secondary N) is 1. The van der Waals surface area contributed by atoms with Crippen molar-refractivity contribution in [2.24, 2.45) is 5.92 Å². The zero-order chi connectivity index (χ0) is 9.80. The van der Waals surface area contributed by atoms with Crippen LogP contribution in [0.1, 0.15) is 6.42 Å². The third kappa shape index (κ3) is 2.35. The summed E-state index contributed by atoms with van der Waals surface area (Å²) in [5.74, 6) is 1.96. The first-order chi connectivity index (χ1) is 6.84. The van der Waals surface area contributed by atoms with Gasteiger partial charge >= 0.3 is 0 Å². The Morgan fingerprint density at radius 3 is 3.14 bits per heavy atom. The number of hydrogen-bond donors (Lipinski definition) is 2. The van der Waals surface area contributed by atoms with Crippen molar-refractivity contribution in [2.45, 2.75) is 6.42 Å². The average Bonchev–Trinajstić information content (AvgIpc) is 2.70. The lowest BCUT2D eigenvalue weighted by Gasteiger charge is -2.10. The van der Waals surface area contributed by atoms with Crippen LogP contribution >= 0.6 is 0 Å².